The van der Waals surface area contributed by atoms with Crippen LogP contribution in [0.25, 0.3) is 0 Å². The predicted molar refractivity (Wildman–Crippen MR) is 99.5 cm³/mol. The number of nitrogens with zero attached hydrogens (tertiary/aromatic N) is 1. The van der Waals surface area contributed by atoms with Crippen molar-refractivity contribution >= 4 is 35.6 Å². The number of anilines is 1. The van der Waals surface area contributed by atoms with E-state index in [0.29, 0.717) is 19.2 Å². The van der Waals surface area contributed by atoms with Crippen LogP contribution in [0.3, 0.4) is 0 Å². The SMILES string of the molecule is I.NC(=NCCCC1CC1)Nc1ccc2c(c1)OCCCO2. The van der Waals surface area contributed by atoms with Crippen molar-refractivity contribution < 1.29 is 9.47 Å². The normalized spacial score (nSPS) is 17.4. The second-order valence-electron chi connectivity index (χ2n) is 5.69. The number of benzene rings is 1. The zero-order chi connectivity index (χ0) is 14.5. The van der Waals surface area contributed by atoms with Gasteiger partial charge in [-0.25, -0.2) is 0 Å². The molecule has 0 bridgehead atoms. The average molecular weight is 417 g/mol. The summed E-state index contributed by atoms with van der Waals surface area (Å²) in [5, 5.41) is 3.11. The highest BCUT2D eigenvalue weighted by Crippen LogP contribution is 2.33. The van der Waals surface area contributed by atoms with Gasteiger partial charge in [0.2, 0.25) is 0 Å². The van der Waals surface area contributed by atoms with Crippen molar-refractivity contribution in [3.8, 4) is 11.5 Å². The molecular weight excluding hydrogens is 393 g/mol. The van der Waals surface area contributed by atoms with Crippen molar-refractivity contribution in [1.82, 2.24) is 0 Å². The maximum Gasteiger partial charge on any atom is 0.193 e. The summed E-state index contributed by atoms with van der Waals surface area (Å²) in [5.74, 6) is 2.97. The first kappa shape index (κ1) is 17.2. The van der Waals surface area contributed by atoms with Crippen LogP contribution in [0.1, 0.15) is 32.1 Å². The second kappa shape index (κ2) is 8.45. The van der Waals surface area contributed by atoms with Gasteiger partial charge in [-0.15, -0.1) is 24.0 Å². The van der Waals surface area contributed by atoms with E-state index in [4.69, 9.17) is 15.2 Å². The van der Waals surface area contributed by atoms with E-state index in [1.807, 2.05) is 18.2 Å². The van der Waals surface area contributed by atoms with Crippen LogP contribution < -0.4 is 20.5 Å². The van der Waals surface area contributed by atoms with E-state index in [0.717, 1.165) is 42.5 Å². The summed E-state index contributed by atoms with van der Waals surface area (Å²) in [6, 6.07) is 5.75. The number of hydrogen-bond donors (Lipinski definition) is 2. The molecule has 1 saturated carbocycles. The molecule has 3 N–H and O–H groups in total. The fourth-order valence-corrected chi connectivity index (χ4v) is 2.41. The van der Waals surface area contributed by atoms with Crippen LogP contribution >= 0.6 is 24.0 Å². The Balaban J connectivity index is 0.00000176. The van der Waals surface area contributed by atoms with E-state index < -0.39 is 0 Å². The first-order valence-corrected chi connectivity index (χ1v) is 7.78. The third kappa shape index (κ3) is 5.23. The third-order valence-corrected chi connectivity index (χ3v) is 3.77. The van der Waals surface area contributed by atoms with Gasteiger partial charge in [-0.1, -0.05) is 12.8 Å². The number of nitrogens with two attached hydrogens (primary N) is 1. The number of ether oxygens (including phenoxy) is 2. The number of hydrogen-bond acceptors (Lipinski definition) is 3. The molecule has 1 aliphatic carbocycles. The third-order valence-electron chi connectivity index (χ3n) is 3.77. The molecule has 22 heavy (non-hydrogen) atoms. The number of aliphatic imine (C=N–C) groups is 1. The number of rotatable bonds is 5. The zero-order valence-corrected chi connectivity index (χ0v) is 15.0. The van der Waals surface area contributed by atoms with Crippen LogP contribution in [-0.4, -0.2) is 25.7 Å². The Hall–Kier alpha value is -1.18. The Morgan fingerprint density at radius 3 is 2.77 bits per heavy atom. The topological polar surface area (TPSA) is 68.9 Å². The molecule has 0 saturated heterocycles. The molecule has 1 aromatic carbocycles. The molecule has 1 aliphatic heterocycles. The van der Waals surface area contributed by atoms with E-state index in [2.05, 4.69) is 10.3 Å². The summed E-state index contributed by atoms with van der Waals surface area (Å²) in [6.45, 7) is 2.17. The fourth-order valence-electron chi connectivity index (χ4n) is 2.41. The lowest BCUT2D eigenvalue weighted by Crippen LogP contribution is -2.22. The van der Waals surface area contributed by atoms with Crippen LogP contribution in [0.4, 0.5) is 5.69 Å². The van der Waals surface area contributed by atoms with E-state index in [1.165, 1.54) is 19.3 Å². The van der Waals surface area contributed by atoms with Crippen molar-refractivity contribution in [3.05, 3.63) is 18.2 Å². The Labute approximate surface area is 148 Å². The fraction of sp³-hybridized carbons (Fsp3) is 0.562. The number of fused-ring (bicyclic) bond motifs is 1. The van der Waals surface area contributed by atoms with Crippen LogP contribution in [0, 0.1) is 5.92 Å². The molecule has 6 heteroatoms. The first-order chi connectivity index (χ1) is 10.3. The molecule has 0 radical (unpaired) electrons. The predicted octanol–water partition coefficient (Wildman–Crippen LogP) is 3.38. The average Bonchev–Trinajstić information content (AvgIpc) is 3.30. The highest BCUT2D eigenvalue weighted by Gasteiger charge is 2.19. The maximum atomic E-state index is 5.91. The summed E-state index contributed by atoms with van der Waals surface area (Å²) in [6.07, 6.45) is 6.10. The van der Waals surface area contributed by atoms with Gasteiger partial charge in [0, 0.05) is 24.7 Å². The summed E-state index contributed by atoms with van der Waals surface area (Å²) < 4.78 is 11.3. The van der Waals surface area contributed by atoms with Gasteiger partial charge in [-0.05, 0) is 30.9 Å². The smallest absolute Gasteiger partial charge is 0.193 e. The van der Waals surface area contributed by atoms with E-state index in [1.54, 1.807) is 0 Å². The van der Waals surface area contributed by atoms with Crippen molar-refractivity contribution in [1.29, 1.82) is 0 Å². The van der Waals surface area contributed by atoms with E-state index in [9.17, 15) is 0 Å². The Kier molecular flexibility index (Phi) is 6.60. The van der Waals surface area contributed by atoms with Crippen molar-refractivity contribution in [2.45, 2.75) is 32.1 Å². The van der Waals surface area contributed by atoms with Crippen LogP contribution in [0.5, 0.6) is 11.5 Å². The molecule has 1 heterocycles. The van der Waals surface area contributed by atoms with Crippen molar-refractivity contribution in [3.63, 3.8) is 0 Å². The lowest BCUT2D eigenvalue weighted by atomic mass is 10.2. The van der Waals surface area contributed by atoms with Crippen LogP contribution in [0.2, 0.25) is 0 Å². The highest BCUT2D eigenvalue weighted by atomic mass is 127. The van der Waals surface area contributed by atoms with Gasteiger partial charge in [-0.3, -0.25) is 4.99 Å². The minimum absolute atomic E-state index is 0. The molecule has 0 amide bonds. The number of guanidine groups is 1. The van der Waals surface area contributed by atoms with Gasteiger partial charge in [0.15, 0.2) is 17.5 Å². The molecular formula is C16H24IN3O2. The molecule has 0 unspecified atom stereocenters. The zero-order valence-electron chi connectivity index (χ0n) is 12.7. The van der Waals surface area contributed by atoms with Crippen LogP contribution in [0.15, 0.2) is 23.2 Å². The van der Waals surface area contributed by atoms with E-state index in [-0.39, 0.29) is 24.0 Å². The lowest BCUT2D eigenvalue weighted by molar-refractivity contribution is 0.297. The highest BCUT2D eigenvalue weighted by molar-refractivity contribution is 14.0. The molecule has 5 nitrogen and oxygen atoms in total. The largest absolute Gasteiger partial charge is 0.490 e. The molecule has 0 spiro atoms. The van der Waals surface area contributed by atoms with Crippen molar-refractivity contribution in [2.24, 2.45) is 16.6 Å². The minimum atomic E-state index is 0. The van der Waals surface area contributed by atoms with Crippen molar-refractivity contribution in [2.75, 3.05) is 25.1 Å². The van der Waals surface area contributed by atoms with Gasteiger partial charge in [-0.2, -0.15) is 0 Å². The van der Waals surface area contributed by atoms with Gasteiger partial charge < -0.3 is 20.5 Å². The molecule has 3 rings (SSSR count). The molecule has 0 aromatic heterocycles. The lowest BCUT2D eigenvalue weighted by Gasteiger charge is -2.10. The summed E-state index contributed by atoms with van der Waals surface area (Å²) in [5.41, 5.74) is 6.79. The Bertz CT molecular complexity index is 518. The number of nitrogens with one attached hydrogen (secondary N) is 1. The molecule has 1 aromatic rings. The summed E-state index contributed by atoms with van der Waals surface area (Å²) in [4.78, 5) is 4.36. The second-order valence-corrected chi connectivity index (χ2v) is 5.69. The summed E-state index contributed by atoms with van der Waals surface area (Å²) in [7, 11) is 0. The summed E-state index contributed by atoms with van der Waals surface area (Å²) >= 11 is 0. The molecule has 122 valence electrons. The molecule has 2 aliphatic rings. The van der Waals surface area contributed by atoms with Gasteiger partial charge >= 0.3 is 0 Å². The maximum absolute atomic E-state index is 5.91. The monoisotopic (exact) mass is 417 g/mol. The van der Waals surface area contributed by atoms with E-state index >= 15 is 0 Å². The quantitative estimate of drug-likeness (QED) is 0.334. The number of halogens is 1. The Morgan fingerprint density at radius 1 is 1.23 bits per heavy atom. The van der Waals surface area contributed by atoms with Gasteiger partial charge in [0.25, 0.3) is 0 Å². The van der Waals surface area contributed by atoms with Gasteiger partial charge in [0.1, 0.15) is 0 Å². The first-order valence-electron chi connectivity index (χ1n) is 7.78. The molecule has 1 fully saturated rings. The van der Waals surface area contributed by atoms with Crippen LogP contribution in [-0.2, 0) is 0 Å². The molecule has 0 atom stereocenters. The van der Waals surface area contributed by atoms with Gasteiger partial charge in [0.05, 0.1) is 13.2 Å². The minimum Gasteiger partial charge on any atom is -0.490 e. The Morgan fingerprint density at radius 2 is 2.00 bits per heavy atom. The standard InChI is InChI=1S/C16H23N3O2.HI/c17-16(18-8-1-3-12-4-5-12)19-13-6-7-14-15(11-13)21-10-2-9-20-14;/h6-7,11-12H,1-5,8-10H2,(H3,17,18,19);1H.